The first-order chi connectivity index (χ1) is 7.42. The number of hydrogen-bond acceptors (Lipinski definition) is 3. The van der Waals surface area contributed by atoms with Crippen LogP contribution in [-0.2, 0) is 4.74 Å². The molecule has 0 aromatic heterocycles. The fourth-order valence-electron chi connectivity index (χ4n) is 1.67. The molecule has 1 fully saturated rings. The van der Waals surface area contributed by atoms with Gasteiger partial charge in [0.2, 0.25) is 0 Å². The highest BCUT2D eigenvalue weighted by molar-refractivity contribution is 5.85. The molecule has 1 rings (SSSR count). The van der Waals surface area contributed by atoms with Crippen LogP contribution in [-0.4, -0.2) is 36.2 Å². The minimum atomic E-state index is -0.412. The largest absolute Gasteiger partial charge is 0.444 e. The third-order valence-electron chi connectivity index (χ3n) is 2.46. The van der Waals surface area contributed by atoms with Crippen molar-refractivity contribution >= 4 is 18.5 Å². The lowest BCUT2D eigenvalue weighted by Crippen LogP contribution is -2.40. The van der Waals surface area contributed by atoms with E-state index in [4.69, 9.17) is 10.5 Å². The number of ether oxygens (including phenoxy) is 1. The Hall–Kier alpha value is -0.740. The molecule has 0 aromatic carbocycles. The van der Waals surface area contributed by atoms with E-state index in [2.05, 4.69) is 0 Å². The van der Waals surface area contributed by atoms with E-state index in [1.807, 2.05) is 26.8 Å². The smallest absolute Gasteiger partial charge is 0.410 e. The van der Waals surface area contributed by atoms with Crippen molar-refractivity contribution in [3.05, 3.63) is 11.6 Å². The first kappa shape index (κ1) is 16.3. The van der Waals surface area contributed by atoms with Gasteiger partial charge in [-0.2, -0.15) is 0 Å². The van der Waals surface area contributed by atoms with Crippen LogP contribution in [0.3, 0.4) is 0 Å². The molecule has 1 aliphatic rings. The molecule has 0 aliphatic carbocycles. The van der Waals surface area contributed by atoms with Crippen molar-refractivity contribution in [1.29, 1.82) is 0 Å². The number of nitrogens with zero attached hydrogens (tertiary/aromatic N) is 1. The third-order valence-corrected chi connectivity index (χ3v) is 2.46. The summed E-state index contributed by atoms with van der Waals surface area (Å²) in [6, 6.07) is 0. The summed E-state index contributed by atoms with van der Waals surface area (Å²) in [4.78, 5) is 13.5. The van der Waals surface area contributed by atoms with Gasteiger partial charge in [-0.25, -0.2) is 4.79 Å². The van der Waals surface area contributed by atoms with Gasteiger partial charge < -0.3 is 15.4 Å². The Balaban J connectivity index is 0.00000256. The van der Waals surface area contributed by atoms with Crippen molar-refractivity contribution in [2.75, 3.05) is 19.6 Å². The zero-order valence-electron chi connectivity index (χ0n) is 10.9. The van der Waals surface area contributed by atoms with Crippen LogP contribution in [0.15, 0.2) is 11.6 Å². The summed E-state index contributed by atoms with van der Waals surface area (Å²) in [7, 11) is 0. The van der Waals surface area contributed by atoms with Crippen LogP contribution >= 0.6 is 12.4 Å². The number of hydrogen-bond donors (Lipinski definition) is 1. The predicted molar refractivity (Wildman–Crippen MR) is 71.4 cm³/mol. The summed E-state index contributed by atoms with van der Waals surface area (Å²) in [5, 5.41) is 0. The van der Waals surface area contributed by atoms with E-state index >= 15 is 0 Å². The predicted octanol–water partition coefficient (Wildman–Crippen LogP) is 2.32. The summed E-state index contributed by atoms with van der Waals surface area (Å²) in [5.41, 5.74) is 6.39. The maximum absolute atomic E-state index is 11.7. The monoisotopic (exact) mass is 262 g/mol. The molecule has 5 heteroatoms. The lowest BCUT2D eigenvalue weighted by atomic mass is 10.0. The molecule has 0 saturated carbocycles. The number of carbonyl (C=O) groups is 1. The van der Waals surface area contributed by atoms with E-state index in [0.29, 0.717) is 6.54 Å². The molecule has 17 heavy (non-hydrogen) atoms. The van der Waals surface area contributed by atoms with Crippen molar-refractivity contribution in [3.63, 3.8) is 0 Å². The highest BCUT2D eigenvalue weighted by atomic mass is 35.5. The number of rotatable bonds is 1. The van der Waals surface area contributed by atoms with Gasteiger partial charge in [-0.1, -0.05) is 11.6 Å². The Morgan fingerprint density at radius 2 is 1.94 bits per heavy atom. The molecule has 0 spiro atoms. The minimum Gasteiger partial charge on any atom is -0.444 e. The van der Waals surface area contributed by atoms with Crippen molar-refractivity contribution in [2.45, 2.75) is 39.2 Å². The molecule has 1 saturated heterocycles. The van der Waals surface area contributed by atoms with Gasteiger partial charge >= 0.3 is 6.09 Å². The molecular weight excluding hydrogens is 240 g/mol. The van der Waals surface area contributed by atoms with Crippen LogP contribution in [0.2, 0.25) is 0 Å². The van der Waals surface area contributed by atoms with Crippen LogP contribution in [0.4, 0.5) is 4.79 Å². The topological polar surface area (TPSA) is 55.6 Å². The number of nitrogens with two attached hydrogens (primary N) is 1. The van der Waals surface area contributed by atoms with Crippen LogP contribution in [0, 0.1) is 0 Å². The van der Waals surface area contributed by atoms with E-state index < -0.39 is 5.60 Å². The van der Waals surface area contributed by atoms with Gasteiger partial charge in [-0.15, -0.1) is 12.4 Å². The fraction of sp³-hybridized carbons (Fsp3) is 0.750. The maximum Gasteiger partial charge on any atom is 0.410 e. The lowest BCUT2D eigenvalue weighted by molar-refractivity contribution is 0.0236. The zero-order chi connectivity index (χ0) is 12.2. The van der Waals surface area contributed by atoms with E-state index in [0.717, 1.165) is 25.9 Å². The maximum atomic E-state index is 11.7. The molecule has 100 valence electrons. The number of halogens is 1. The summed E-state index contributed by atoms with van der Waals surface area (Å²) in [5.74, 6) is 0. The quantitative estimate of drug-likeness (QED) is 0.738. The molecule has 1 heterocycles. The number of amides is 1. The Bertz CT molecular complexity index is 275. The number of carbonyl (C=O) groups excluding carboxylic acids is 1. The molecule has 1 amide bonds. The summed E-state index contributed by atoms with van der Waals surface area (Å²) < 4.78 is 5.32. The van der Waals surface area contributed by atoms with Gasteiger partial charge in [0.15, 0.2) is 0 Å². The van der Waals surface area contributed by atoms with Crippen molar-refractivity contribution in [3.8, 4) is 0 Å². The second-order valence-electron chi connectivity index (χ2n) is 5.07. The van der Waals surface area contributed by atoms with E-state index in [1.54, 1.807) is 4.90 Å². The molecule has 0 aromatic rings. The zero-order valence-corrected chi connectivity index (χ0v) is 11.7. The Morgan fingerprint density at radius 3 is 2.35 bits per heavy atom. The molecule has 0 unspecified atom stereocenters. The first-order valence-electron chi connectivity index (χ1n) is 5.78. The van der Waals surface area contributed by atoms with E-state index in [-0.39, 0.29) is 18.5 Å². The standard InChI is InChI=1S/C12H22N2O2.ClH/c1-12(2,3)16-11(15)14-8-5-10(4-7-13)6-9-14;/h4H,5-9,13H2,1-3H3;1H. The molecule has 0 radical (unpaired) electrons. The molecule has 1 aliphatic heterocycles. The first-order valence-corrected chi connectivity index (χ1v) is 5.78. The Labute approximate surface area is 110 Å². The van der Waals surface area contributed by atoms with E-state index in [1.165, 1.54) is 5.57 Å². The molecular formula is C12H23ClN2O2. The summed E-state index contributed by atoms with van der Waals surface area (Å²) in [6.07, 6.45) is 3.67. The average molecular weight is 263 g/mol. The number of piperidine rings is 1. The van der Waals surface area contributed by atoms with Gasteiger partial charge in [0, 0.05) is 19.6 Å². The van der Waals surface area contributed by atoms with Gasteiger partial charge in [0.1, 0.15) is 5.60 Å². The van der Waals surface area contributed by atoms with Crippen LogP contribution in [0.1, 0.15) is 33.6 Å². The van der Waals surface area contributed by atoms with Crippen molar-refractivity contribution in [1.82, 2.24) is 4.90 Å². The summed E-state index contributed by atoms with van der Waals surface area (Å²) >= 11 is 0. The van der Waals surface area contributed by atoms with Crippen LogP contribution < -0.4 is 5.73 Å². The number of likely N-dealkylation sites (tertiary alicyclic amines) is 1. The SMILES string of the molecule is CC(C)(C)OC(=O)N1CCC(=CCN)CC1.Cl. The molecule has 2 N–H and O–H groups in total. The fourth-order valence-corrected chi connectivity index (χ4v) is 1.67. The molecule has 4 nitrogen and oxygen atoms in total. The molecule has 0 atom stereocenters. The van der Waals surface area contributed by atoms with Gasteiger partial charge in [-0.05, 0) is 33.6 Å². The second kappa shape index (κ2) is 6.87. The molecule has 0 bridgehead atoms. The van der Waals surface area contributed by atoms with Gasteiger partial charge in [0.05, 0.1) is 0 Å². The Morgan fingerprint density at radius 1 is 1.41 bits per heavy atom. The Kier molecular flexibility index (Phi) is 6.57. The van der Waals surface area contributed by atoms with Gasteiger partial charge in [0.25, 0.3) is 0 Å². The van der Waals surface area contributed by atoms with E-state index in [9.17, 15) is 4.79 Å². The second-order valence-corrected chi connectivity index (χ2v) is 5.07. The van der Waals surface area contributed by atoms with Gasteiger partial charge in [-0.3, -0.25) is 0 Å². The summed E-state index contributed by atoms with van der Waals surface area (Å²) in [6.45, 7) is 7.71. The third kappa shape index (κ3) is 5.94. The van der Waals surface area contributed by atoms with Crippen molar-refractivity contribution < 1.29 is 9.53 Å². The highest BCUT2D eigenvalue weighted by Crippen LogP contribution is 2.18. The minimum absolute atomic E-state index is 0. The van der Waals surface area contributed by atoms with Crippen LogP contribution in [0.5, 0.6) is 0 Å². The van der Waals surface area contributed by atoms with Crippen LogP contribution in [0.25, 0.3) is 0 Å². The highest BCUT2D eigenvalue weighted by Gasteiger charge is 2.24. The lowest BCUT2D eigenvalue weighted by Gasteiger charge is -2.31. The normalized spacial score (nSPS) is 16.2. The van der Waals surface area contributed by atoms with Crippen molar-refractivity contribution in [2.24, 2.45) is 5.73 Å². The average Bonchev–Trinajstić information content (AvgIpc) is 2.16.